The van der Waals surface area contributed by atoms with Gasteiger partial charge in [-0.15, -0.1) is 0 Å². The minimum atomic E-state index is -0.378. The molecule has 0 saturated carbocycles. The Morgan fingerprint density at radius 1 is 1.16 bits per heavy atom. The van der Waals surface area contributed by atoms with E-state index in [9.17, 15) is 10.1 Å². The number of hydrogen-bond donors (Lipinski definition) is 0. The lowest BCUT2D eigenvalue weighted by atomic mass is 9.95. The van der Waals surface area contributed by atoms with Gasteiger partial charge in [0.05, 0.1) is 18.6 Å². The van der Waals surface area contributed by atoms with E-state index in [2.05, 4.69) is 6.07 Å². The lowest BCUT2D eigenvalue weighted by molar-refractivity contribution is 0.172. The second-order valence-electron chi connectivity index (χ2n) is 6.11. The van der Waals surface area contributed by atoms with Gasteiger partial charge in [0, 0.05) is 24.1 Å². The van der Waals surface area contributed by atoms with Crippen LogP contribution in [0.4, 0.5) is 0 Å². The van der Waals surface area contributed by atoms with Gasteiger partial charge in [-0.1, -0.05) is 36.4 Å². The Balaban J connectivity index is 2.09. The van der Waals surface area contributed by atoms with Crippen molar-refractivity contribution in [3.05, 3.63) is 70.1 Å². The maximum Gasteiger partial charge on any atom is 0.336 e. The molecule has 3 rings (SSSR count). The first kappa shape index (κ1) is 16.9. The molecule has 0 spiro atoms. The third kappa shape index (κ3) is 3.62. The predicted molar refractivity (Wildman–Crippen MR) is 97.3 cm³/mol. The lowest BCUT2D eigenvalue weighted by Crippen LogP contribution is -2.09. The van der Waals surface area contributed by atoms with Gasteiger partial charge in [-0.2, -0.15) is 5.26 Å². The van der Waals surface area contributed by atoms with E-state index in [1.165, 1.54) is 6.07 Å². The first-order valence-corrected chi connectivity index (χ1v) is 8.13. The molecule has 1 atom stereocenters. The van der Waals surface area contributed by atoms with E-state index >= 15 is 0 Å². The van der Waals surface area contributed by atoms with Gasteiger partial charge in [0.25, 0.3) is 0 Å². The Morgan fingerprint density at radius 2 is 1.96 bits per heavy atom. The van der Waals surface area contributed by atoms with Crippen LogP contribution in [0.15, 0.2) is 57.7 Å². The van der Waals surface area contributed by atoms with E-state index in [4.69, 9.17) is 9.15 Å². The molecule has 1 unspecified atom stereocenters. The fraction of sp³-hybridized carbons (Fsp3) is 0.238. The number of hydrogen-bond acceptors (Lipinski definition) is 4. The van der Waals surface area contributed by atoms with Crippen molar-refractivity contribution in [2.24, 2.45) is 5.92 Å². The van der Waals surface area contributed by atoms with E-state index in [0.717, 1.165) is 27.6 Å². The minimum Gasteiger partial charge on any atom is -0.423 e. The average Bonchev–Trinajstić information content (AvgIpc) is 2.61. The lowest BCUT2D eigenvalue weighted by Gasteiger charge is -2.11. The van der Waals surface area contributed by atoms with Crippen molar-refractivity contribution in [3.8, 4) is 17.2 Å². The number of nitriles is 1. The summed E-state index contributed by atoms with van der Waals surface area (Å²) in [5.74, 6) is -0.228. The molecule has 1 aromatic heterocycles. The Morgan fingerprint density at radius 3 is 2.68 bits per heavy atom. The van der Waals surface area contributed by atoms with Crippen LogP contribution in [0.2, 0.25) is 0 Å². The van der Waals surface area contributed by atoms with E-state index in [1.807, 2.05) is 49.4 Å². The molecule has 0 amide bonds. The molecule has 0 aliphatic heterocycles. The zero-order chi connectivity index (χ0) is 17.8. The minimum absolute atomic E-state index is 0.228. The molecule has 0 bridgehead atoms. The molecular weight excluding hydrogens is 314 g/mol. The van der Waals surface area contributed by atoms with Gasteiger partial charge in [-0.05, 0) is 36.1 Å². The molecule has 0 fully saturated rings. The topological polar surface area (TPSA) is 63.2 Å². The highest BCUT2D eigenvalue weighted by Gasteiger charge is 2.13. The quantitative estimate of drug-likeness (QED) is 0.660. The highest BCUT2D eigenvalue weighted by Crippen LogP contribution is 2.30. The van der Waals surface area contributed by atoms with Gasteiger partial charge in [-0.3, -0.25) is 0 Å². The van der Waals surface area contributed by atoms with Crippen LogP contribution in [-0.2, 0) is 11.2 Å². The molecular formula is C21H19NO3. The summed E-state index contributed by atoms with van der Waals surface area (Å²) in [6.45, 7) is 2.40. The molecule has 0 N–H and O–H groups in total. The molecule has 4 nitrogen and oxygen atoms in total. The van der Waals surface area contributed by atoms with Gasteiger partial charge in [0.2, 0.25) is 0 Å². The molecule has 1 heterocycles. The van der Waals surface area contributed by atoms with E-state index in [-0.39, 0.29) is 11.5 Å². The van der Waals surface area contributed by atoms with Crippen molar-refractivity contribution < 1.29 is 9.15 Å². The monoisotopic (exact) mass is 333 g/mol. The van der Waals surface area contributed by atoms with Gasteiger partial charge in [0.1, 0.15) is 5.58 Å². The number of benzene rings is 2. The van der Waals surface area contributed by atoms with Gasteiger partial charge in [0.15, 0.2) is 0 Å². The molecule has 2 aromatic carbocycles. The molecule has 0 aliphatic rings. The van der Waals surface area contributed by atoms with Crippen LogP contribution >= 0.6 is 0 Å². The van der Waals surface area contributed by atoms with Gasteiger partial charge >= 0.3 is 5.63 Å². The summed E-state index contributed by atoms with van der Waals surface area (Å²) in [5.41, 5.74) is 4.09. The Bertz CT molecular complexity index is 998. The number of methoxy groups -OCH3 is 1. The third-order valence-corrected chi connectivity index (χ3v) is 4.28. The van der Waals surface area contributed by atoms with Crippen molar-refractivity contribution in [3.63, 3.8) is 0 Å². The summed E-state index contributed by atoms with van der Waals surface area (Å²) in [5, 5.41) is 10.1. The largest absolute Gasteiger partial charge is 0.423 e. The van der Waals surface area contributed by atoms with Crippen molar-refractivity contribution in [1.29, 1.82) is 5.26 Å². The van der Waals surface area contributed by atoms with Crippen LogP contribution in [0.1, 0.15) is 11.1 Å². The van der Waals surface area contributed by atoms with E-state index in [0.29, 0.717) is 18.6 Å². The van der Waals surface area contributed by atoms with Crippen LogP contribution < -0.4 is 5.63 Å². The first-order valence-electron chi connectivity index (χ1n) is 8.13. The van der Waals surface area contributed by atoms with Crippen molar-refractivity contribution in [2.45, 2.75) is 13.3 Å². The SMILES string of the molecule is COCC(C#N)Cc1ccc2c(-c3ccccc3C)cc(=O)oc2c1. The van der Waals surface area contributed by atoms with Crippen LogP contribution in [-0.4, -0.2) is 13.7 Å². The summed E-state index contributed by atoms with van der Waals surface area (Å²) < 4.78 is 10.5. The Hall–Kier alpha value is -2.90. The zero-order valence-corrected chi connectivity index (χ0v) is 14.3. The summed E-state index contributed by atoms with van der Waals surface area (Å²) in [4.78, 5) is 12.0. The van der Waals surface area contributed by atoms with E-state index in [1.54, 1.807) is 7.11 Å². The first-order chi connectivity index (χ1) is 12.1. The normalized spacial score (nSPS) is 12.0. The molecule has 4 heteroatoms. The van der Waals surface area contributed by atoms with E-state index < -0.39 is 0 Å². The molecule has 25 heavy (non-hydrogen) atoms. The highest BCUT2D eigenvalue weighted by molar-refractivity contribution is 5.94. The zero-order valence-electron chi connectivity index (χ0n) is 14.3. The third-order valence-electron chi connectivity index (χ3n) is 4.28. The maximum absolute atomic E-state index is 12.0. The maximum atomic E-state index is 12.0. The van der Waals surface area contributed by atoms with Crippen LogP contribution in [0.25, 0.3) is 22.1 Å². The number of nitrogens with zero attached hydrogens (tertiary/aromatic N) is 1. The summed E-state index contributed by atoms with van der Waals surface area (Å²) in [6, 6.07) is 17.5. The Kier molecular flexibility index (Phi) is 4.97. The molecule has 126 valence electrons. The fourth-order valence-corrected chi connectivity index (χ4v) is 3.06. The van der Waals surface area contributed by atoms with Crippen LogP contribution in [0.5, 0.6) is 0 Å². The van der Waals surface area contributed by atoms with Crippen molar-refractivity contribution >= 4 is 11.0 Å². The summed E-state index contributed by atoms with van der Waals surface area (Å²) >= 11 is 0. The van der Waals surface area contributed by atoms with Crippen molar-refractivity contribution in [1.82, 2.24) is 0 Å². The van der Waals surface area contributed by atoms with Gasteiger partial charge in [-0.25, -0.2) is 4.79 Å². The Labute approximate surface area is 146 Å². The number of rotatable bonds is 5. The van der Waals surface area contributed by atoms with Crippen LogP contribution in [0, 0.1) is 24.2 Å². The average molecular weight is 333 g/mol. The summed E-state index contributed by atoms with van der Waals surface area (Å²) in [6.07, 6.45) is 0.554. The predicted octanol–water partition coefficient (Wildman–Crippen LogP) is 4.10. The number of fused-ring (bicyclic) bond motifs is 1. The molecule has 3 aromatic rings. The fourth-order valence-electron chi connectivity index (χ4n) is 3.06. The molecule has 0 radical (unpaired) electrons. The second-order valence-corrected chi connectivity index (χ2v) is 6.11. The van der Waals surface area contributed by atoms with Crippen LogP contribution in [0.3, 0.4) is 0 Å². The molecule has 0 saturated heterocycles. The number of ether oxygens (including phenoxy) is 1. The second kappa shape index (κ2) is 7.33. The highest BCUT2D eigenvalue weighted by atomic mass is 16.5. The van der Waals surface area contributed by atoms with Crippen molar-refractivity contribution in [2.75, 3.05) is 13.7 Å². The molecule has 0 aliphatic carbocycles. The smallest absolute Gasteiger partial charge is 0.336 e. The standard InChI is InChI=1S/C21H19NO3/c1-14-5-3-4-6-17(14)19-11-21(23)25-20-10-15(7-8-18(19)20)9-16(12-22)13-24-2/h3-8,10-11,16H,9,13H2,1-2H3. The van der Waals surface area contributed by atoms with Gasteiger partial charge < -0.3 is 9.15 Å². The summed E-state index contributed by atoms with van der Waals surface area (Å²) in [7, 11) is 1.58. The number of aryl methyl sites for hydroxylation is 1.